The zero-order valence-electron chi connectivity index (χ0n) is 11.5. The lowest BCUT2D eigenvalue weighted by atomic mass is 10.3. The van der Waals surface area contributed by atoms with Crippen LogP contribution in [0.4, 0.5) is 5.69 Å². The van der Waals surface area contributed by atoms with E-state index in [9.17, 15) is 13.2 Å². The zero-order valence-corrected chi connectivity index (χ0v) is 12.4. The Hall–Kier alpha value is -1.80. The van der Waals surface area contributed by atoms with Crippen LogP contribution in [0, 0.1) is 0 Å². The maximum Gasteiger partial charge on any atom is 0.235 e. The summed E-state index contributed by atoms with van der Waals surface area (Å²) in [5, 5.41) is 2.70. The van der Waals surface area contributed by atoms with E-state index in [0.717, 1.165) is 12.8 Å². The number of carbonyl (C=O) groups is 1. The van der Waals surface area contributed by atoms with E-state index >= 15 is 0 Å². The number of nitrogen functional groups attached to an aromatic ring is 1. The predicted molar refractivity (Wildman–Crippen MR) is 79.3 cm³/mol. The fourth-order valence-electron chi connectivity index (χ4n) is 1.63. The number of carbonyl (C=O) groups excluding carboxylic acids is 1. The summed E-state index contributed by atoms with van der Waals surface area (Å²) in [6, 6.07) is 7.06. The van der Waals surface area contributed by atoms with Crippen molar-refractivity contribution in [3.8, 4) is 5.75 Å². The maximum absolute atomic E-state index is 11.7. The van der Waals surface area contributed by atoms with E-state index in [1.807, 2.05) is 0 Å². The Balaban J connectivity index is 1.70. The number of rotatable bonds is 8. The van der Waals surface area contributed by atoms with Crippen LogP contribution in [0.5, 0.6) is 5.75 Å². The van der Waals surface area contributed by atoms with E-state index in [2.05, 4.69) is 10.0 Å². The van der Waals surface area contributed by atoms with Gasteiger partial charge in [-0.1, -0.05) is 12.1 Å². The summed E-state index contributed by atoms with van der Waals surface area (Å²) < 4.78 is 31.0. The number of sulfonamides is 1. The summed E-state index contributed by atoms with van der Waals surface area (Å²) in [5.41, 5.74) is 6.13. The average molecular weight is 313 g/mol. The molecule has 1 aromatic carbocycles. The van der Waals surface area contributed by atoms with Crippen molar-refractivity contribution < 1.29 is 17.9 Å². The number of hydrogen-bond acceptors (Lipinski definition) is 5. The highest BCUT2D eigenvalue weighted by Crippen LogP contribution is 2.19. The van der Waals surface area contributed by atoms with Gasteiger partial charge < -0.3 is 15.8 Å². The fraction of sp³-hybridized carbons (Fsp3) is 0.462. The fourth-order valence-corrected chi connectivity index (χ4v) is 2.43. The van der Waals surface area contributed by atoms with Crippen molar-refractivity contribution in [1.29, 1.82) is 0 Å². The number of para-hydroxylation sites is 2. The van der Waals surface area contributed by atoms with Crippen LogP contribution < -0.4 is 20.5 Å². The van der Waals surface area contributed by atoms with Crippen LogP contribution in [0.2, 0.25) is 0 Å². The summed E-state index contributed by atoms with van der Waals surface area (Å²) in [5.74, 6) is -0.105. The summed E-state index contributed by atoms with van der Waals surface area (Å²) in [6.07, 6.45) is 1.93. The van der Waals surface area contributed by atoms with Crippen LogP contribution in [0.15, 0.2) is 24.3 Å². The van der Waals surface area contributed by atoms with Gasteiger partial charge in [-0.3, -0.25) is 4.79 Å². The third-order valence-electron chi connectivity index (χ3n) is 2.92. The SMILES string of the molecule is Nc1ccccc1OCCS(=O)(=O)NCC(=O)NC1CC1. The van der Waals surface area contributed by atoms with Gasteiger partial charge in [0.25, 0.3) is 0 Å². The molecule has 1 aromatic rings. The van der Waals surface area contributed by atoms with Gasteiger partial charge >= 0.3 is 0 Å². The van der Waals surface area contributed by atoms with Crippen molar-refractivity contribution in [3.05, 3.63) is 24.3 Å². The van der Waals surface area contributed by atoms with Crippen molar-refractivity contribution in [3.63, 3.8) is 0 Å². The van der Waals surface area contributed by atoms with Crippen LogP contribution in [-0.4, -0.2) is 39.3 Å². The van der Waals surface area contributed by atoms with E-state index in [1.54, 1.807) is 24.3 Å². The van der Waals surface area contributed by atoms with E-state index < -0.39 is 10.0 Å². The van der Waals surface area contributed by atoms with Crippen molar-refractivity contribution in [1.82, 2.24) is 10.0 Å². The Labute approximate surface area is 123 Å². The molecule has 2 rings (SSSR count). The van der Waals surface area contributed by atoms with Gasteiger partial charge in [-0.25, -0.2) is 13.1 Å². The minimum absolute atomic E-state index is 0.0339. The molecular weight excluding hydrogens is 294 g/mol. The van der Waals surface area contributed by atoms with Gasteiger partial charge in [0.2, 0.25) is 15.9 Å². The number of ether oxygens (including phenoxy) is 1. The van der Waals surface area contributed by atoms with Crippen molar-refractivity contribution in [2.75, 3.05) is 24.6 Å². The summed E-state index contributed by atoms with van der Waals surface area (Å²) in [7, 11) is -3.55. The molecule has 0 atom stereocenters. The molecule has 1 amide bonds. The summed E-state index contributed by atoms with van der Waals surface area (Å²) >= 11 is 0. The molecule has 1 aliphatic carbocycles. The van der Waals surface area contributed by atoms with Crippen molar-refractivity contribution in [2.45, 2.75) is 18.9 Å². The minimum atomic E-state index is -3.55. The molecule has 0 saturated heterocycles. The lowest BCUT2D eigenvalue weighted by Crippen LogP contribution is -2.39. The van der Waals surface area contributed by atoms with Crippen molar-refractivity contribution in [2.24, 2.45) is 0 Å². The number of nitrogens with one attached hydrogen (secondary N) is 2. The van der Waals surface area contributed by atoms with Gasteiger partial charge in [0.1, 0.15) is 12.4 Å². The monoisotopic (exact) mass is 313 g/mol. The maximum atomic E-state index is 11.7. The number of nitrogens with two attached hydrogens (primary N) is 1. The molecule has 0 aliphatic heterocycles. The van der Waals surface area contributed by atoms with Gasteiger partial charge in [-0.05, 0) is 25.0 Å². The average Bonchev–Trinajstić information content (AvgIpc) is 3.23. The van der Waals surface area contributed by atoms with E-state index in [1.165, 1.54) is 0 Å². The van der Waals surface area contributed by atoms with Gasteiger partial charge in [-0.15, -0.1) is 0 Å². The Morgan fingerprint density at radius 3 is 2.71 bits per heavy atom. The van der Waals surface area contributed by atoms with Crippen LogP contribution in [-0.2, 0) is 14.8 Å². The molecule has 7 nitrogen and oxygen atoms in total. The van der Waals surface area contributed by atoms with E-state index in [0.29, 0.717) is 11.4 Å². The molecule has 1 aliphatic rings. The quantitative estimate of drug-likeness (QED) is 0.578. The Morgan fingerprint density at radius 1 is 1.33 bits per heavy atom. The number of hydrogen-bond donors (Lipinski definition) is 3. The first-order chi connectivity index (χ1) is 9.96. The molecule has 0 spiro atoms. The summed E-state index contributed by atoms with van der Waals surface area (Å²) in [4.78, 5) is 11.4. The largest absolute Gasteiger partial charge is 0.490 e. The third-order valence-corrected chi connectivity index (χ3v) is 4.21. The molecule has 4 N–H and O–H groups in total. The minimum Gasteiger partial charge on any atom is -0.490 e. The van der Waals surface area contributed by atoms with E-state index in [4.69, 9.17) is 10.5 Å². The molecule has 0 bridgehead atoms. The lowest BCUT2D eigenvalue weighted by molar-refractivity contribution is -0.120. The third kappa shape index (κ3) is 5.60. The van der Waals surface area contributed by atoms with Gasteiger partial charge in [0.15, 0.2) is 0 Å². The molecule has 8 heteroatoms. The first-order valence-electron chi connectivity index (χ1n) is 6.70. The predicted octanol–water partition coefficient (Wildman–Crippen LogP) is -0.154. The number of benzene rings is 1. The lowest BCUT2D eigenvalue weighted by Gasteiger charge is -2.10. The zero-order chi connectivity index (χ0) is 15.3. The van der Waals surface area contributed by atoms with Gasteiger partial charge in [0.05, 0.1) is 18.0 Å². The van der Waals surface area contributed by atoms with E-state index in [-0.39, 0.29) is 30.9 Å². The molecule has 0 aromatic heterocycles. The molecule has 0 unspecified atom stereocenters. The summed E-state index contributed by atoms with van der Waals surface area (Å²) in [6.45, 7) is -0.278. The van der Waals surface area contributed by atoms with Crippen LogP contribution in [0.25, 0.3) is 0 Å². The molecule has 1 saturated carbocycles. The molecule has 0 heterocycles. The standard InChI is InChI=1S/C13H19N3O4S/c14-11-3-1-2-4-12(11)20-7-8-21(18,19)15-9-13(17)16-10-5-6-10/h1-4,10,15H,5-9,14H2,(H,16,17). The molecule has 0 radical (unpaired) electrons. The topological polar surface area (TPSA) is 111 Å². The second kappa shape index (κ2) is 6.77. The molecule has 116 valence electrons. The highest BCUT2D eigenvalue weighted by molar-refractivity contribution is 7.89. The normalized spacial score (nSPS) is 14.7. The number of anilines is 1. The highest BCUT2D eigenvalue weighted by Gasteiger charge is 2.23. The van der Waals surface area contributed by atoms with Gasteiger partial charge in [-0.2, -0.15) is 0 Å². The Bertz CT molecular complexity index is 599. The Morgan fingerprint density at radius 2 is 2.05 bits per heavy atom. The first-order valence-corrected chi connectivity index (χ1v) is 8.35. The van der Waals surface area contributed by atoms with Crippen LogP contribution in [0.3, 0.4) is 0 Å². The number of amides is 1. The second-order valence-electron chi connectivity index (χ2n) is 4.87. The van der Waals surface area contributed by atoms with Crippen LogP contribution in [0.1, 0.15) is 12.8 Å². The highest BCUT2D eigenvalue weighted by atomic mass is 32.2. The van der Waals surface area contributed by atoms with Gasteiger partial charge in [0, 0.05) is 6.04 Å². The second-order valence-corrected chi connectivity index (χ2v) is 6.79. The molecule has 1 fully saturated rings. The first kappa shape index (κ1) is 15.6. The van der Waals surface area contributed by atoms with Crippen molar-refractivity contribution >= 4 is 21.6 Å². The molecular formula is C13H19N3O4S. The molecule has 21 heavy (non-hydrogen) atoms. The van der Waals surface area contributed by atoms with Crippen LogP contribution >= 0.6 is 0 Å². The Kier molecular flexibility index (Phi) is 5.03. The smallest absolute Gasteiger partial charge is 0.235 e.